The number of rotatable bonds is 2. The third kappa shape index (κ3) is 1.92. The number of allylic oxidation sites excluding steroid dienone is 2. The minimum Gasteiger partial charge on any atom is -0.494 e. The highest BCUT2D eigenvalue weighted by Gasteiger charge is 1.98. The van der Waals surface area contributed by atoms with Crippen LogP contribution < -0.4 is 0 Å². The first-order valence-electron chi connectivity index (χ1n) is 3.43. The van der Waals surface area contributed by atoms with Crippen LogP contribution in [0.4, 0.5) is 0 Å². The zero-order valence-electron chi connectivity index (χ0n) is 5.76. The topological polar surface area (TPSA) is 9.23 Å². The summed E-state index contributed by atoms with van der Waals surface area (Å²) in [4.78, 5) is 0. The Labute approximate surface area is 56.0 Å². The van der Waals surface area contributed by atoms with Gasteiger partial charge in [0.25, 0.3) is 0 Å². The molecule has 0 aromatic rings. The van der Waals surface area contributed by atoms with Crippen LogP contribution in [-0.4, -0.2) is 6.61 Å². The third-order valence-electron chi connectivity index (χ3n) is 1.25. The molecule has 1 rings (SSSR count). The zero-order chi connectivity index (χ0) is 6.53. The first-order valence-corrected chi connectivity index (χ1v) is 3.43. The fourth-order valence-electron chi connectivity index (χ4n) is 0.787. The van der Waals surface area contributed by atoms with Crippen molar-refractivity contribution in [2.75, 3.05) is 6.61 Å². The Hall–Kier alpha value is -0.720. The SMILES string of the molecule is CC/C=C/C1=CCCO1. The van der Waals surface area contributed by atoms with Crippen molar-refractivity contribution in [1.29, 1.82) is 0 Å². The number of hydrogen-bond acceptors (Lipinski definition) is 1. The number of hydrogen-bond donors (Lipinski definition) is 0. The van der Waals surface area contributed by atoms with E-state index in [4.69, 9.17) is 4.74 Å². The van der Waals surface area contributed by atoms with Crippen LogP contribution in [0.3, 0.4) is 0 Å². The monoisotopic (exact) mass is 124 g/mol. The van der Waals surface area contributed by atoms with Gasteiger partial charge in [0, 0.05) is 6.42 Å². The van der Waals surface area contributed by atoms with Crippen LogP contribution in [0.25, 0.3) is 0 Å². The predicted octanol–water partition coefficient (Wildman–Crippen LogP) is 2.26. The normalized spacial score (nSPS) is 18.1. The molecule has 9 heavy (non-hydrogen) atoms. The Morgan fingerprint density at radius 1 is 1.78 bits per heavy atom. The molecule has 1 aliphatic rings. The molecule has 0 bridgehead atoms. The molecule has 0 amide bonds. The summed E-state index contributed by atoms with van der Waals surface area (Å²) < 4.78 is 5.23. The predicted molar refractivity (Wildman–Crippen MR) is 38.1 cm³/mol. The number of ether oxygens (including phenoxy) is 1. The lowest BCUT2D eigenvalue weighted by Gasteiger charge is -1.93. The molecule has 0 aromatic heterocycles. The molecule has 0 aliphatic carbocycles. The minimum absolute atomic E-state index is 0.864. The van der Waals surface area contributed by atoms with Gasteiger partial charge in [-0.25, -0.2) is 0 Å². The fraction of sp³-hybridized carbons (Fsp3) is 0.500. The van der Waals surface area contributed by atoms with Gasteiger partial charge in [-0.15, -0.1) is 0 Å². The smallest absolute Gasteiger partial charge is 0.115 e. The molecule has 0 unspecified atom stereocenters. The standard InChI is InChI=1S/C8H12O/c1-2-3-5-8-6-4-7-9-8/h3,5-6H,2,4,7H2,1H3/b5-3+. The van der Waals surface area contributed by atoms with Crippen LogP contribution in [0.15, 0.2) is 24.0 Å². The van der Waals surface area contributed by atoms with Crippen molar-refractivity contribution >= 4 is 0 Å². The second kappa shape index (κ2) is 3.33. The molecule has 1 nitrogen and oxygen atoms in total. The molecule has 1 heterocycles. The van der Waals surface area contributed by atoms with E-state index in [1.807, 2.05) is 6.08 Å². The van der Waals surface area contributed by atoms with Crippen LogP contribution >= 0.6 is 0 Å². The van der Waals surface area contributed by atoms with Crippen molar-refractivity contribution in [1.82, 2.24) is 0 Å². The summed E-state index contributed by atoms with van der Waals surface area (Å²) in [6.45, 7) is 2.98. The summed E-state index contributed by atoms with van der Waals surface area (Å²) in [6, 6.07) is 0. The van der Waals surface area contributed by atoms with Crippen LogP contribution in [0.5, 0.6) is 0 Å². The largest absolute Gasteiger partial charge is 0.494 e. The van der Waals surface area contributed by atoms with Crippen molar-refractivity contribution in [3.05, 3.63) is 24.0 Å². The molecule has 0 N–H and O–H groups in total. The fourth-order valence-corrected chi connectivity index (χ4v) is 0.787. The average Bonchev–Trinajstić information content (AvgIpc) is 2.34. The minimum atomic E-state index is 0.864. The third-order valence-corrected chi connectivity index (χ3v) is 1.25. The van der Waals surface area contributed by atoms with Crippen LogP contribution in [-0.2, 0) is 4.74 Å². The lowest BCUT2D eigenvalue weighted by Crippen LogP contribution is -1.79. The maximum atomic E-state index is 5.23. The Morgan fingerprint density at radius 3 is 3.22 bits per heavy atom. The lowest BCUT2D eigenvalue weighted by molar-refractivity contribution is 0.257. The molecule has 0 saturated carbocycles. The summed E-state index contributed by atoms with van der Waals surface area (Å²) in [5.41, 5.74) is 0. The van der Waals surface area contributed by atoms with Crippen LogP contribution in [0, 0.1) is 0 Å². The maximum Gasteiger partial charge on any atom is 0.115 e. The van der Waals surface area contributed by atoms with Crippen molar-refractivity contribution < 1.29 is 4.74 Å². The Kier molecular flexibility index (Phi) is 2.37. The van der Waals surface area contributed by atoms with Crippen LogP contribution in [0.1, 0.15) is 19.8 Å². The molecule has 0 spiro atoms. The summed E-state index contributed by atoms with van der Waals surface area (Å²) >= 11 is 0. The van der Waals surface area contributed by atoms with Crippen molar-refractivity contribution in [3.63, 3.8) is 0 Å². The van der Waals surface area contributed by atoms with Crippen molar-refractivity contribution in [3.8, 4) is 0 Å². The quantitative estimate of drug-likeness (QED) is 0.548. The molecule has 0 aromatic carbocycles. The summed E-state index contributed by atoms with van der Waals surface area (Å²) in [6.07, 6.45) is 8.42. The van der Waals surface area contributed by atoms with Gasteiger partial charge in [-0.05, 0) is 18.6 Å². The van der Waals surface area contributed by atoms with Gasteiger partial charge < -0.3 is 4.74 Å². The van der Waals surface area contributed by atoms with E-state index in [-0.39, 0.29) is 0 Å². The lowest BCUT2D eigenvalue weighted by atomic mass is 10.3. The van der Waals surface area contributed by atoms with Gasteiger partial charge >= 0.3 is 0 Å². The van der Waals surface area contributed by atoms with E-state index < -0.39 is 0 Å². The highest BCUT2D eigenvalue weighted by atomic mass is 16.5. The van der Waals surface area contributed by atoms with Gasteiger partial charge in [-0.1, -0.05) is 13.0 Å². The van der Waals surface area contributed by atoms with Gasteiger partial charge in [0.05, 0.1) is 6.61 Å². The van der Waals surface area contributed by atoms with Gasteiger partial charge in [0.15, 0.2) is 0 Å². The zero-order valence-corrected chi connectivity index (χ0v) is 5.76. The highest BCUT2D eigenvalue weighted by molar-refractivity contribution is 5.14. The molecule has 50 valence electrons. The van der Waals surface area contributed by atoms with Gasteiger partial charge in [-0.3, -0.25) is 0 Å². The molecule has 0 atom stereocenters. The summed E-state index contributed by atoms with van der Waals surface area (Å²) in [7, 11) is 0. The summed E-state index contributed by atoms with van der Waals surface area (Å²) in [5.74, 6) is 1.04. The molecule has 1 heteroatoms. The first-order chi connectivity index (χ1) is 4.43. The van der Waals surface area contributed by atoms with Gasteiger partial charge in [0.1, 0.15) is 5.76 Å². The maximum absolute atomic E-state index is 5.23. The van der Waals surface area contributed by atoms with E-state index in [1.165, 1.54) is 0 Å². The molecule has 0 fully saturated rings. The molecule has 1 aliphatic heterocycles. The first kappa shape index (κ1) is 6.40. The van der Waals surface area contributed by atoms with Gasteiger partial charge in [0.2, 0.25) is 0 Å². The molecular weight excluding hydrogens is 112 g/mol. The van der Waals surface area contributed by atoms with Gasteiger partial charge in [-0.2, -0.15) is 0 Å². The van der Waals surface area contributed by atoms with Crippen LogP contribution in [0.2, 0.25) is 0 Å². The Balaban J connectivity index is 2.34. The molecule has 0 saturated heterocycles. The van der Waals surface area contributed by atoms with E-state index in [9.17, 15) is 0 Å². The average molecular weight is 124 g/mol. The van der Waals surface area contributed by atoms with E-state index in [2.05, 4.69) is 19.1 Å². The van der Waals surface area contributed by atoms with E-state index in [0.29, 0.717) is 0 Å². The summed E-state index contributed by atoms with van der Waals surface area (Å²) in [5, 5.41) is 0. The van der Waals surface area contributed by atoms with E-state index in [1.54, 1.807) is 0 Å². The Bertz CT molecular complexity index is 134. The van der Waals surface area contributed by atoms with E-state index >= 15 is 0 Å². The second-order valence-corrected chi connectivity index (χ2v) is 2.05. The van der Waals surface area contributed by atoms with Crippen molar-refractivity contribution in [2.45, 2.75) is 19.8 Å². The molecule has 0 radical (unpaired) electrons. The van der Waals surface area contributed by atoms with E-state index in [0.717, 1.165) is 25.2 Å². The Morgan fingerprint density at radius 2 is 2.67 bits per heavy atom. The second-order valence-electron chi connectivity index (χ2n) is 2.05. The molecular formula is C8H12O. The van der Waals surface area contributed by atoms with Crippen molar-refractivity contribution in [2.24, 2.45) is 0 Å². The highest BCUT2D eigenvalue weighted by Crippen LogP contribution is 2.09.